The van der Waals surface area contributed by atoms with Gasteiger partial charge in [-0.25, -0.2) is 9.97 Å². The number of aliphatic imine (C=N–C) groups is 1. The van der Waals surface area contributed by atoms with Gasteiger partial charge in [0.05, 0.1) is 11.1 Å². The van der Waals surface area contributed by atoms with E-state index in [-0.39, 0.29) is 29.7 Å². The molecule has 186 valence electrons. The lowest BCUT2D eigenvalue weighted by molar-refractivity contribution is 0.0728. The Kier molecular flexibility index (Phi) is 7.99. The maximum Gasteiger partial charge on any atom is 0.274 e. The Morgan fingerprint density at radius 3 is 2.71 bits per heavy atom. The molecule has 1 aliphatic rings. The molecular formula is C23H29ClN8O2S. The van der Waals surface area contributed by atoms with Gasteiger partial charge >= 0.3 is 0 Å². The van der Waals surface area contributed by atoms with Crippen LogP contribution >= 0.6 is 22.9 Å². The van der Waals surface area contributed by atoms with E-state index in [1.807, 2.05) is 0 Å². The number of hydrogen-bond acceptors (Lipinski definition) is 7. The molecule has 10 nitrogen and oxygen atoms in total. The van der Waals surface area contributed by atoms with Gasteiger partial charge in [-0.15, -0.1) is 11.3 Å². The van der Waals surface area contributed by atoms with Crippen LogP contribution in [0.5, 0.6) is 0 Å². The highest BCUT2D eigenvalue weighted by atomic mass is 35.5. The molecule has 3 aromatic rings. The topological polar surface area (TPSA) is 158 Å². The van der Waals surface area contributed by atoms with Crippen LogP contribution < -0.4 is 17.2 Å². The van der Waals surface area contributed by atoms with Crippen molar-refractivity contribution in [1.29, 1.82) is 0 Å². The molecule has 6 N–H and O–H groups in total. The minimum Gasteiger partial charge on any atom is -0.370 e. The van der Waals surface area contributed by atoms with Gasteiger partial charge in [-0.3, -0.25) is 14.6 Å². The number of likely N-dealkylation sites (tertiary alicyclic amines) is 1. The Morgan fingerprint density at radius 2 is 1.91 bits per heavy atom. The van der Waals surface area contributed by atoms with E-state index in [1.54, 1.807) is 39.2 Å². The molecule has 0 bridgehead atoms. The summed E-state index contributed by atoms with van der Waals surface area (Å²) in [5.41, 5.74) is 18.2. The van der Waals surface area contributed by atoms with E-state index < -0.39 is 0 Å². The van der Waals surface area contributed by atoms with Gasteiger partial charge in [-0.05, 0) is 31.4 Å². The first-order valence-corrected chi connectivity index (χ1v) is 12.8. The van der Waals surface area contributed by atoms with Crippen LogP contribution in [0.1, 0.15) is 70.6 Å². The summed E-state index contributed by atoms with van der Waals surface area (Å²) in [6.07, 6.45) is 7.94. The smallest absolute Gasteiger partial charge is 0.274 e. The van der Waals surface area contributed by atoms with E-state index >= 15 is 0 Å². The van der Waals surface area contributed by atoms with E-state index in [9.17, 15) is 9.59 Å². The van der Waals surface area contributed by atoms with Crippen molar-refractivity contribution in [3.63, 3.8) is 0 Å². The van der Waals surface area contributed by atoms with Crippen LogP contribution in [-0.2, 0) is 0 Å². The SMILES string of the molecule is NC(N)=NCCCCCCC(=O)c1csc([C@@H]2C[C@@H](N)CN2C(=O)c2cn3cc(Cl)ccc3n2)n1. The first kappa shape index (κ1) is 25.1. The van der Waals surface area contributed by atoms with E-state index in [2.05, 4.69) is 15.0 Å². The van der Waals surface area contributed by atoms with Crippen LogP contribution in [0.2, 0.25) is 5.02 Å². The Morgan fingerprint density at radius 1 is 1.11 bits per heavy atom. The Hall–Kier alpha value is -3.02. The maximum atomic E-state index is 13.3. The quantitative estimate of drug-likeness (QED) is 0.162. The minimum absolute atomic E-state index is 0.00845. The van der Waals surface area contributed by atoms with Gasteiger partial charge in [0.25, 0.3) is 5.91 Å². The number of rotatable bonds is 10. The molecule has 1 aliphatic heterocycles. The van der Waals surface area contributed by atoms with Crippen molar-refractivity contribution in [3.05, 3.63) is 51.3 Å². The molecule has 0 saturated carbocycles. The van der Waals surface area contributed by atoms with Gasteiger partial charge in [0, 0.05) is 43.3 Å². The highest BCUT2D eigenvalue weighted by molar-refractivity contribution is 7.09. The number of imidazole rings is 1. The van der Waals surface area contributed by atoms with Crippen molar-refractivity contribution >= 4 is 46.2 Å². The summed E-state index contributed by atoms with van der Waals surface area (Å²) < 4.78 is 1.72. The average Bonchev–Trinajstić information content (AvgIpc) is 3.55. The fourth-order valence-electron chi connectivity index (χ4n) is 4.20. The summed E-state index contributed by atoms with van der Waals surface area (Å²) in [6, 6.07) is 3.04. The summed E-state index contributed by atoms with van der Waals surface area (Å²) in [4.78, 5) is 40.6. The molecule has 0 aliphatic carbocycles. The summed E-state index contributed by atoms with van der Waals surface area (Å²) in [6.45, 7) is 1.01. The predicted molar refractivity (Wildman–Crippen MR) is 137 cm³/mol. The van der Waals surface area contributed by atoms with E-state index in [1.165, 1.54) is 11.3 Å². The average molecular weight is 517 g/mol. The standard InChI is InChI=1S/C23H29ClN8O2S/c24-14-6-7-20-29-16(12-31(20)10-14)22(34)32-11-15(25)9-18(32)21-30-17(13-35-21)19(33)5-3-1-2-4-8-28-23(26)27/h6-7,10,12-13,15,18H,1-5,8-9,11,25H2,(H4,26,27,28)/t15-,18+/m1/s1. The normalized spacial score (nSPS) is 17.7. The number of nitrogens with zero attached hydrogens (tertiary/aromatic N) is 5. The van der Waals surface area contributed by atoms with Gasteiger partial charge in [0.15, 0.2) is 11.7 Å². The number of ketones is 1. The number of pyridine rings is 1. The Labute approximate surface area is 212 Å². The van der Waals surface area contributed by atoms with Gasteiger partial charge in [0.2, 0.25) is 0 Å². The predicted octanol–water partition coefficient (Wildman–Crippen LogP) is 2.77. The van der Waals surface area contributed by atoms with Crippen molar-refractivity contribution in [2.24, 2.45) is 22.2 Å². The molecule has 0 unspecified atom stereocenters. The van der Waals surface area contributed by atoms with Crippen LogP contribution in [0.15, 0.2) is 34.9 Å². The maximum absolute atomic E-state index is 13.3. The largest absolute Gasteiger partial charge is 0.370 e. The second kappa shape index (κ2) is 11.1. The number of halogens is 1. The molecule has 0 aromatic carbocycles. The number of unbranched alkanes of at least 4 members (excludes halogenated alkanes) is 3. The zero-order valence-electron chi connectivity index (χ0n) is 19.3. The van der Waals surface area contributed by atoms with E-state index in [0.29, 0.717) is 48.0 Å². The fourth-order valence-corrected chi connectivity index (χ4v) is 5.31. The number of hydrogen-bond donors (Lipinski definition) is 3. The van der Waals surface area contributed by atoms with Crippen LogP contribution in [0.25, 0.3) is 5.65 Å². The van der Waals surface area contributed by atoms with Gasteiger partial charge < -0.3 is 26.5 Å². The molecule has 3 aromatic heterocycles. The molecule has 1 saturated heterocycles. The van der Waals surface area contributed by atoms with Crippen molar-refractivity contribution in [2.45, 2.75) is 50.6 Å². The molecule has 12 heteroatoms. The van der Waals surface area contributed by atoms with Gasteiger partial charge in [-0.1, -0.05) is 24.4 Å². The summed E-state index contributed by atoms with van der Waals surface area (Å²) in [5, 5.41) is 3.05. The third-order valence-electron chi connectivity index (χ3n) is 5.93. The molecule has 0 radical (unpaired) electrons. The Bertz CT molecular complexity index is 1240. The van der Waals surface area contributed by atoms with E-state index in [0.717, 1.165) is 30.7 Å². The first-order chi connectivity index (χ1) is 16.8. The number of thiazole rings is 1. The molecule has 0 spiro atoms. The van der Waals surface area contributed by atoms with Crippen molar-refractivity contribution < 1.29 is 9.59 Å². The lowest BCUT2D eigenvalue weighted by Gasteiger charge is -2.21. The number of carbonyl (C=O) groups is 2. The summed E-state index contributed by atoms with van der Waals surface area (Å²) in [7, 11) is 0. The molecule has 4 heterocycles. The van der Waals surface area contributed by atoms with Crippen LogP contribution in [0.3, 0.4) is 0 Å². The number of guanidine groups is 1. The second-order valence-corrected chi connectivity index (χ2v) is 10.00. The number of amides is 1. The van der Waals surface area contributed by atoms with Crippen molar-refractivity contribution in [2.75, 3.05) is 13.1 Å². The molecule has 4 rings (SSSR count). The Balaban J connectivity index is 1.37. The lowest BCUT2D eigenvalue weighted by atomic mass is 10.1. The van der Waals surface area contributed by atoms with Crippen molar-refractivity contribution in [3.8, 4) is 0 Å². The van der Waals surface area contributed by atoms with Crippen LogP contribution in [0, 0.1) is 0 Å². The van der Waals surface area contributed by atoms with E-state index in [4.69, 9.17) is 28.8 Å². The fraction of sp³-hybridized carbons (Fsp3) is 0.435. The zero-order chi connectivity index (χ0) is 24.9. The van der Waals surface area contributed by atoms with Gasteiger partial charge in [-0.2, -0.15) is 0 Å². The summed E-state index contributed by atoms with van der Waals surface area (Å²) in [5.74, 6) is -0.105. The molecule has 1 amide bonds. The molecule has 35 heavy (non-hydrogen) atoms. The highest BCUT2D eigenvalue weighted by Crippen LogP contribution is 2.34. The lowest BCUT2D eigenvalue weighted by Crippen LogP contribution is -2.33. The summed E-state index contributed by atoms with van der Waals surface area (Å²) >= 11 is 7.44. The molecular weight excluding hydrogens is 488 g/mol. The van der Waals surface area contributed by atoms with Crippen LogP contribution in [0.4, 0.5) is 0 Å². The number of Topliss-reactive ketones (excluding diaryl/α,β-unsaturated/α-hetero) is 1. The third-order valence-corrected chi connectivity index (χ3v) is 7.10. The monoisotopic (exact) mass is 516 g/mol. The van der Waals surface area contributed by atoms with Crippen molar-refractivity contribution in [1.82, 2.24) is 19.3 Å². The zero-order valence-corrected chi connectivity index (χ0v) is 20.8. The van der Waals surface area contributed by atoms with Crippen LogP contribution in [-0.4, -0.2) is 56.0 Å². The molecule has 2 atom stereocenters. The second-order valence-electron chi connectivity index (χ2n) is 8.67. The molecule has 1 fully saturated rings. The number of nitrogens with two attached hydrogens (primary N) is 3. The van der Waals surface area contributed by atoms with Gasteiger partial charge in [0.1, 0.15) is 22.0 Å². The number of aromatic nitrogens is 3. The third kappa shape index (κ3) is 6.16. The highest BCUT2D eigenvalue weighted by Gasteiger charge is 2.37. The number of carbonyl (C=O) groups excluding carboxylic acids is 2. The minimum atomic E-state index is -0.284. The first-order valence-electron chi connectivity index (χ1n) is 11.6. The number of fused-ring (bicyclic) bond motifs is 1.